The fourth-order valence-electron chi connectivity index (χ4n) is 2.47. The maximum absolute atomic E-state index is 12.4. The Balaban J connectivity index is 0.00000169. The highest BCUT2D eigenvalue weighted by molar-refractivity contribution is 5.85. The molecule has 1 saturated heterocycles. The Bertz CT molecular complexity index is 678. The van der Waals surface area contributed by atoms with Crippen LogP contribution in [0.5, 0.6) is 0 Å². The molecule has 26 heavy (non-hydrogen) atoms. The van der Waals surface area contributed by atoms with Gasteiger partial charge in [-0.1, -0.05) is 19.0 Å². The summed E-state index contributed by atoms with van der Waals surface area (Å²) in [6.07, 6.45) is 2.85. The molecule has 0 aliphatic carbocycles. The molecule has 0 radical (unpaired) electrons. The van der Waals surface area contributed by atoms with Gasteiger partial charge in [0, 0.05) is 31.0 Å². The van der Waals surface area contributed by atoms with E-state index in [2.05, 4.69) is 25.8 Å². The van der Waals surface area contributed by atoms with Gasteiger partial charge in [-0.15, -0.1) is 24.8 Å². The molecule has 10 heteroatoms. The summed E-state index contributed by atoms with van der Waals surface area (Å²) in [5.41, 5.74) is 0.765. The van der Waals surface area contributed by atoms with Crippen molar-refractivity contribution >= 4 is 30.7 Å². The lowest BCUT2D eigenvalue weighted by Gasteiger charge is -2.26. The third-order valence-corrected chi connectivity index (χ3v) is 3.81. The molecular formula is C16H23Cl2N5O3. The molecule has 0 aromatic carbocycles. The molecule has 2 N–H and O–H groups in total. The first-order valence-electron chi connectivity index (χ1n) is 8.02. The van der Waals surface area contributed by atoms with Gasteiger partial charge >= 0.3 is 0 Å². The molecule has 0 bridgehead atoms. The number of amides is 1. The van der Waals surface area contributed by atoms with Gasteiger partial charge in [-0.25, -0.2) is 0 Å². The molecule has 2 unspecified atom stereocenters. The van der Waals surface area contributed by atoms with E-state index in [-0.39, 0.29) is 42.7 Å². The smallest absolute Gasteiger partial charge is 0.251 e. The van der Waals surface area contributed by atoms with Crippen molar-refractivity contribution < 1.29 is 14.1 Å². The van der Waals surface area contributed by atoms with E-state index in [0.717, 1.165) is 12.1 Å². The lowest BCUT2D eigenvalue weighted by atomic mass is 10.0. The quantitative estimate of drug-likeness (QED) is 0.783. The summed E-state index contributed by atoms with van der Waals surface area (Å²) in [6.45, 7) is 5.75. The number of ether oxygens (including phenoxy) is 1. The van der Waals surface area contributed by atoms with Crippen molar-refractivity contribution in [3.8, 4) is 11.4 Å². The Morgan fingerprint density at radius 1 is 1.38 bits per heavy atom. The van der Waals surface area contributed by atoms with Crippen LogP contribution in [0.3, 0.4) is 0 Å². The van der Waals surface area contributed by atoms with Crippen molar-refractivity contribution in [1.29, 1.82) is 0 Å². The molecule has 1 aliphatic rings. The van der Waals surface area contributed by atoms with Gasteiger partial charge in [-0.05, 0) is 18.1 Å². The van der Waals surface area contributed by atoms with Gasteiger partial charge in [-0.2, -0.15) is 4.98 Å². The van der Waals surface area contributed by atoms with Crippen LogP contribution in [0.4, 0.5) is 0 Å². The number of aromatic nitrogens is 3. The molecule has 3 rings (SSSR count). The lowest BCUT2D eigenvalue weighted by molar-refractivity contribution is -0.135. The van der Waals surface area contributed by atoms with E-state index in [1.165, 1.54) is 0 Å². The topological polar surface area (TPSA) is 102 Å². The number of hydrogen-bond donors (Lipinski definition) is 2. The highest BCUT2D eigenvalue weighted by atomic mass is 35.5. The molecule has 1 fully saturated rings. The fourth-order valence-corrected chi connectivity index (χ4v) is 2.47. The normalized spacial score (nSPS) is 17.7. The average Bonchev–Trinajstić information content (AvgIpc) is 3.10. The van der Waals surface area contributed by atoms with Crippen LogP contribution in [-0.4, -0.2) is 46.8 Å². The van der Waals surface area contributed by atoms with E-state index in [4.69, 9.17) is 9.26 Å². The predicted octanol–water partition coefficient (Wildman–Crippen LogP) is 1.78. The van der Waals surface area contributed by atoms with Crippen LogP contribution in [0, 0.1) is 5.92 Å². The second-order valence-corrected chi connectivity index (χ2v) is 5.99. The van der Waals surface area contributed by atoms with E-state index in [1.54, 1.807) is 18.5 Å². The number of hydrogen-bond acceptors (Lipinski definition) is 7. The largest absolute Gasteiger partial charge is 0.366 e. The summed E-state index contributed by atoms with van der Waals surface area (Å²) < 4.78 is 10.9. The van der Waals surface area contributed by atoms with E-state index >= 15 is 0 Å². The molecule has 1 aliphatic heterocycles. The number of halogens is 2. The second-order valence-electron chi connectivity index (χ2n) is 5.99. The van der Waals surface area contributed by atoms with E-state index < -0.39 is 6.10 Å². The standard InChI is InChI=1S/C16H21N5O3.2ClH/c1-10(2)13(19-15(22)12-9-18-6-7-23-12)16-20-14(21-24-16)11-4-3-5-17-8-11;;/h3-5,8,10,12-13,18H,6-7,9H2,1-2H3,(H,19,22);2*1H. The zero-order chi connectivity index (χ0) is 16.9. The van der Waals surface area contributed by atoms with Gasteiger partial charge < -0.3 is 19.9 Å². The molecule has 2 aromatic rings. The highest BCUT2D eigenvalue weighted by Gasteiger charge is 2.29. The number of rotatable bonds is 5. The number of morpholine rings is 1. The fraction of sp³-hybridized carbons (Fsp3) is 0.500. The molecule has 8 nitrogen and oxygen atoms in total. The minimum absolute atomic E-state index is 0. The Morgan fingerprint density at radius 3 is 2.81 bits per heavy atom. The molecule has 144 valence electrons. The van der Waals surface area contributed by atoms with Crippen LogP contribution < -0.4 is 10.6 Å². The van der Waals surface area contributed by atoms with Gasteiger partial charge in [-0.3, -0.25) is 9.78 Å². The summed E-state index contributed by atoms with van der Waals surface area (Å²) in [5, 5.41) is 10.1. The van der Waals surface area contributed by atoms with Gasteiger partial charge in [0.15, 0.2) is 0 Å². The van der Waals surface area contributed by atoms with Crippen LogP contribution in [0.1, 0.15) is 25.8 Å². The van der Waals surface area contributed by atoms with Crippen molar-refractivity contribution in [2.75, 3.05) is 19.7 Å². The summed E-state index contributed by atoms with van der Waals surface area (Å²) in [7, 11) is 0. The zero-order valence-corrected chi connectivity index (χ0v) is 16.2. The van der Waals surface area contributed by atoms with Crippen molar-refractivity contribution in [2.24, 2.45) is 5.92 Å². The first-order valence-corrected chi connectivity index (χ1v) is 8.02. The van der Waals surface area contributed by atoms with E-state index in [1.807, 2.05) is 19.9 Å². The van der Waals surface area contributed by atoms with Crippen molar-refractivity contribution in [2.45, 2.75) is 26.0 Å². The number of nitrogens with one attached hydrogen (secondary N) is 2. The highest BCUT2D eigenvalue weighted by Crippen LogP contribution is 2.23. The minimum Gasteiger partial charge on any atom is -0.366 e. The zero-order valence-electron chi connectivity index (χ0n) is 14.5. The average molecular weight is 404 g/mol. The number of carbonyl (C=O) groups excluding carboxylic acids is 1. The molecule has 2 atom stereocenters. The first kappa shape index (κ1) is 22.3. The Labute approximate surface area is 164 Å². The summed E-state index contributed by atoms with van der Waals surface area (Å²) in [5.74, 6) is 0.740. The third-order valence-electron chi connectivity index (χ3n) is 3.81. The van der Waals surface area contributed by atoms with Crippen LogP contribution in [0.2, 0.25) is 0 Å². The van der Waals surface area contributed by atoms with Crippen LogP contribution in [0.25, 0.3) is 11.4 Å². The molecule has 0 spiro atoms. The summed E-state index contributed by atoms with van der Waals surface area (Å²) in [6, 6.07) is 3.29. The SMILES string of the molecule is CC(C)C(NC(=O)C1CNCCO1)c1nc(-c2cccnc2)no1.Cl.Cl. The second kappa shape index (κ2) is 10.4. The minimum atomic E-state index is -0.499. The summed E-state index contributed by atoms with van der Waals surface area (Å²) in [4.78, 5) is 20.8. The molecule has 1 amide bonds. The Kier molecular flexibility index (Phi) is 8.94. The molecule has 2 aromatic heterocycles. The van der Waals surface area contributed by atoms with Crippen LogP contribution in [0.15, 0.2) is 29.0 Å². The Hall–Kier alpha value is -1.74. The predicted molar refractivity (Wildman–Crippen MR) is 100 cm³/mol. The molecular weight excluding hydrogens is 381 g/mol. The molecule has 3 heterocycles. The number of pyridine rings is 1. The van der Waals surface area contributed by atoms with Crippen molar-refractivity contribution in [3.63, 3.8) is 0 Å². The van der Waals surface area contributed by atoms with Crippen molar-refractivity contribution in [3.05, 3.63) is 30.4 Å². The van der Waals surface area contributed by atoms with Crippen LogP contribution >= 0.6 is 24.8 Å². The summed E-state index contributed by atoms with van der Waals surface area (Å²) >= 11 is 0. The van der Waals surface area contributed by atoms with Gasteiger partial charge in [0.1, 0.15) is 12.1 Å². The van der Waals surface area contributed by atoms with E-state index in [0.29, 0.717) is 24.9 Å². The van der Waals surface area contributed by atoms with Gasteiger partial charge in [0.05, 0.1) is 6.61 Å². The van der Waals surface area contributed by atoms with Gasteiger partial charge in [0.2, 0.25) is 11.7 Å². The van der Waals surface area contributed by atoms with Crippen LogP contribution in [-0.2, 0) is 9.53 Å². The van der Waals surface area contributed by atoms with Crippen molar-refractivity contribution in [1.82, 2.24) is 25.8 Å². The third kappa shape index (κ3) is 5.38. The maximum Gasteiger partial charge on any atom is 0.251 e. The number of carbonyl (C=O) groups is 1. The lowest BCUT2D eigenvalue weighted by Crippen LogP contribution is -2.49. The monoisotopic (exact) mass is 403 g/mol. The Morgan fingerprint density at radius 2 is 2.19 bits per heavy atom. The molecule has 0 saturated carbocycles. The maximum atomic E-state index is 12.4. The first-order chi connectivity index (χ1) is 11.6. The number of nitrogens with zero attached hydrogens (tertiary/aromatic N) is 3. The van der Waals surface area contributed by atoms with E-state index in [9.17, 15) is 4.79 Å². The van der Waals surface area contributed by atoms with Gasteiger partial charge in [0.25, 0.3) is 5.91 Å².